The number of sulfonamides is 1. The summed E-state index contributed by atoms with van der Waals surface area (Å²) in [5.74, 6) is -0.529. The molecule has 0 saturated carbocycles. The molecule has 1 atom stereocenters. The first kappa shape index (κ1) is 19.5. The highest BCUT2D eigenvalue weighted by Gasteiger charge is 2.25. The molecule has 0 heterocycles. The molecule has 24 heavy (non-hydrogen) atoms. The lowest BCUT2D eigenvalue weighted by Crippen LogP contribution is -2.42. The maximum absolute atomic E-state index is 12.3. The quantitative estimate of drug-likeness (QED) is 0.582. The van der Waals surface area contributed by atoms with E-state index in [0.717, 1.165) is 6.07 Å². The van der Waals surface area contributed by atoms with Gasteiger partial charge < -0.3 is 10.4 Å². The van der Waals surface area contributed by atoms with Gasteiger partial charge in [-0.1, -0.05) is 12.0 Å². The van der Waals surface area contributed by atoms with Crippen LogP contribution in [0.5, 0.6) is 0 Å². The van der Waals surface area contributed by atoms with Gasteiger partial charge in [0.1, 0.15) is 6.04 Å². The van der Waals surface area contributed by atoms with E-state index in [1.807, 2.05) is 5.32 Å². The minimum Gasteiger partial charge on any atom is -0.480 e. The van der Waals surface area contributed by atoms with Gasteiger partial charge in [0, 0.05) is 12.0 Å². The molecule has 0 bridgehead atoms. The largest absolute Gasteiger partial charge is 0.480 e. The molecule has 0 aliphatic carbocycles. The minimum absolute atomic E-state index is 0.195. The van der Waals surface area contributed by atoms with Crippen LogP contribution in [-0.4, -0.2) is 44.4 Å². The van der Waals surface area contributed by atoms with Crippen molar-refractivity contribution in [2.75, 3.05) is 6.54 Å². The van der Waals surface area contributed by atoms with Crippen molar-refractivity contribution in [3.8, 4) is 12.3 Å². The number of rotatable bonds is 8. The lowest BCUT2D eigenvalue weighted by Gasteiger charge is -2.14. The Labute approximate surface area is 137 Å². The maximum Gasteiger partial charge on any atom is 0.326 e. The summed E-state index contributed by atoms with van der Waals surface area (Å²) in [5.41, 5.74) is -0.195. The van der Waals surface area contributed by atoms with Crippen molar-refractivity contribution in [3.05, 3.63) is 29.8 Å². The number of benzene rings is 1. The molecule has 0 aliphatic rings. The first-order valence-corrected chi connectivity index (χ1v) is 8.00. The van der Waals surface area contributed by atoms with Crippen LogP contribution < -0.4 is 10.0 Å². The number of carbonyl (C=O) groups is 2. The summed E-state index contributed by atoms with van der Waals surface area (Å²) < 4.78 is 50.5. The highest BCUT2D eigenvalue weighted by atomic mass is 32.2. The standard InChI is InChI=1S/C14H14F2N2O5S/c1-2-6-17-24(22,23)10-5-3-4-9(7-10)13(19)18-11(14(20)21)8-12(15)16/h1,3-5,7,11-12,17H,6,8H2,(H,18,19)(H,20,21). The summed E-state index contributed by atoms with van der Waals surface area (Å²) in [6.07, 6.45) is 0.965. The summed E-state index contributed by atoms with van der Waals surface area (Å²) in [6, 6.07) is 2.86. The van der Waals surface area contributed by atoms with Gasteiger partial charge in [-0.05, 0) is 18.2 Å². The van der Waals surface area contributed by atoms with E-state index in [-0.39, 0.29) is 17.0 Å². The number of halogens is 2. The third-order valence-electron chi connectivity index (χ3n) is 2.79. The predicted molar refractivity (Wildman–Crippen MR) is 80.0 cm³/mol. The van der Waals surface area contributed by atoms with Crippen LogP contribution >= 0.6 is 0 Å². The van der Waals surface area contributed by atoms with Crippen molar-refractivity contribution in [2.24, 2.45) is 0 Å². The SMILES string of the molecule is C#CCNS(=O)(=O)c1cccc(C(=O)NC(CC(F)F)C(=O)O)c1. The van der Waals surface area contributed by atoms with Gasteiger partial charge >= 0.3 is 5.97 Å². The van der Waals surface area contributed by atoms with Crippen molar-refractivity contribution in [1.29, 1.82) is 0 Å². The molecule has 7 nitrogen and oxygen atoms in total. The number of hydrogen-bond acceptors (Lipinski definition) is 4. The molecule has 1 unspecified atom stereocenters. The van der Waals surface area contributed by atoms with Gasteiger partial charge in [0.05, 0.1) is 11.4 Å². The average Bonchev–Trinajstić information content (AvgIpc) is 2.52. The van der Waals surface area contributed by atoms with Gasteiger partial charge in [0.25, 0.3) is 5.91 Å². The number of terminal acetylenes is 1. The van der Waals surface area contributed by atoms with Gasteiger partial charge in [0.15, 0.2) is 0 Å². The summed E-state index contributed by atoms with van der Waals surface area (Å²) in [4.78, 5) is 22.6. The molecule has 1 aromatic rings. The second-order valence-corrected chi connectivity index (χ2v) is 6.31. The van der Waals surface area contributed by atoms with Crippen molar-refractivity contribution >= 4 is 21.9 Å². The number of aliphatic carboxylic acids is 1. The Bertz CT molecular complexity index is 759. The second-order valence-electron chi connectivity index (χ2n) is 4.55. The Morgan fingerprint density at radius 3 is 2.54 bits per heavy atom. The number of carbonyl (C=O) groups excluding carboxylic acids is 1. The number of amides is 1. The Balaban J connectivity index is 2.98. The van der Waals surface area contributed by atoms with Crippen LogP contribution in [0.2, 0.25) is 0 Å². The molecule has 1 rings (SSSR count). The van der Waals surface area contributed by atoms with E-state index < -0.39 is 40.8 Å². The van der Waals surface area contributed by atoms with Crippen LogP contribution in [0.25, 0.3) is 0 Å². The van der Waals surface area contributed by atoms with Crippen molar-refractivity contribution < 1.29 is 31.9 Å². The van der Waals surface area contributed by atoms with Crippen molar-refractivity contribution in [2.45, 2.75) is 23.8 Å². The number of carboxylic acids is 1. The van der Waals surface area contributed by atoms with E-state index in [0.29, 0.717) is 0 Å². The Hall–Kier alpha value is -2.51. The fourth-order valence-corrected chi connectivity index (χ4v) is 2.65. The van der Waals surface area contributed by atoms with E-state index in [4.69, 9.17) is 11.5 Å². The van der Waals surface area contributed by atoms with Crippen LogP contribution in [-0.2, 0) is 14.8 Å². The molecule has 0 saturated heterocycles. The Morgan fingerprint density at radius 2 is 2.00 bits per heavy atom. The fraction of sp³-hybridized carbons (Fsp3) is 0.286. The summed E-state index contributed by atoms with van der Waals surface area (Å²) in [7, 11) is -3.95. The smallest absolute Gasteiger partial charge is 0.326 e. The minimum atomic E-state index is -3.95. The number of nitrogens with one attached hydrogen (secondary N) is 2. The number of carboxylic acid groups (broad SMARTS) is 1. The Morgan fingerprint density at radius 1 is 1.33 bits per heavy atom. The lowest BCUT2D eigenvalue weighted by molar-refractivity contribution is -0.140. The van der Waals surface area contributed by atoms with Gasteiger partial charge in [-0.15, -0.1) is 6.42 Å². The monoisotopic (exact) mass is 360 g/mol. The first-order valence-electron chi connectivity index (χ1n) is 6.52. The second kappa shape index (κ2) is 8.37. The lowest BCUT2D eigenvalue weighted by atomic mass is 10.1. The maximum atomic E-state index is 12.3. The zero-order valence-corrected chi connectivity index (χ0v) is 13.0. The number of hydrogen-bond donors (Lipinski definition) is 3. The Kier molecular flexibility index (Phi) is 6.82. The topological polar surface area (TPSA) is 113 Å². The van der Waals surface area contributed by atoms with Crippen LogP contribution in [0.15, 0.2) is 29.2 Å². The van der Waals surface area contributed by atoms with Crippen molar-refractivity contribution in [1.82, 2.24) is 10.0 Å². The molecule has 10 heteroatoms. The van der Waals surface area contributed by atoms with Crippen LogP contribution in [0.1, 0.15) is 16.8 Å². The van der Waals surface area contributed by atoms with E-state index in [2.05, 4.69) is 10.6 Å². The highest BCUT2D eigenvalue weighted by molar-refractivity contribution is 7.89. The highest BCUT2D eigenvalue weighted by Crippen LogP contribution is 2.12. The average molecular weight is 360 g/mol. The summed E-state index contributed by atoms with van der Waals surface area (Å²) in [5, 5.41) is 10.7. The van der Waals surface area contributed by atoms with E-state index in [9.17, 15) is 26.8 Å². The van der Waals surface area contributed by atoms with E-state index >= 15 is 0 Å². The summed E-state index contributed by atoms with van der Waals surface area (Å²) >= 11 is 0. The third kappa shape index (κ3) is 5.60. The van der Waals surface area contributed by atoms with Gasteiger partial charge in [-0.2, -0.15) is 4.72 Å². The first-order chi connectivity index (χ1) is 11.2. The molecule has 0 fully saturated rings. The molecule has 0 aliphatic heterocycles. The zero-order chi connectivity index (χ0) is 18.3. The van der Waals surface area contributed by atoms with E-state index in [1.165, 1.54) is 18.2 Å². The molecule has 1 amide bonds. The fourth-order valence-electron chi connectivity index (χ4n) is 1.67. The predicted octanol–water partition coefficient (Wildman–Crippen LogP) is 0.436. The molecular formula is C14H14F2N2O5S. The zero-order valence-electron chi connectivity index (χ0n) is 12.2. The molecule has 0 aromatic heterocycles. The molecular weight excluding hydrogens is 346 g/mol. The van der Waals surface area contributed by atoms with Gasteiger partial charge in [-0.3, -0.25) is 4.79 Å². The third-order valence-corrected chi connectivity index (χ3v) is 4.19. The molecule has 1 aromatic carbocycles. The van der Waals surface area contributed by atoms with Crippen LogP contribution in [0.4, 0.5) is 8.78 Å². The van der Waals surface area contributed by atoms with E-state index in [1.54, 1.807) is 0 Å². The van der Waals surface area contributed by atoms with Crippen molar-refractivity contribution in [3.63, 3.8) is 0 Å². The van der Waals surface area contributed by atoms with Gasteiger partial charge in [-0.25, -0.2) is 22.0 Å². The van der Waals surface area contributed by atoms with Crippen LogP contribution in [0, 0.1) is 12.3 Å². The molecule has 0 spiro atoms. The van der Waals surface area contributed by atoms with Crippen LogP contribution in [0.3, 0.4) is 0 Å². The molecule has 130 valence electrons. The normalized spacial score (nSPS) is 12.4. The molecule has 0 radical (unpaired) electrons. The van der Waals surface area contributed by atoms with Gasteiger partial charge in [0.2, 0.25) is 16.4 Å². The molecule has 3 N–H and O–H groups in total. The number of alkyl halides is 2. The summed E-state index contributed by atoms with van der Waals surface area (Å²) in [6.45, 7) is -0.256.